The van der Waals surface area contributed by atoms with E-state index in [9.17, 15) is 14.3 Å². The SMILES string of the molecule is COc1ccc(NC(=O)c2ccnc(F)c2)cc1O. The smallest absolute Gasteiger partial charge is 0.255 e. The van der Waals surface area contributed by atoms with E-state index in [2.05, 4.69) is 10.3 Å². The Morgan fingerprint density at radius 1 is 1.37 bits per heavy atom. The summed E-state index contributed by atoms with van der Waals surface area (Å²) in [6.07, 6.45) is 1.20. The average molecular weight is 262 g/mol. The molecule has 2 rings (SSSR count). The number of nitrogens with zero attached hydrogens (tertiary/aromatic N) is 1. The first-order valence-electron chi connectivity index (χ1n) is 5.40. The highest BCUT2D eigenvalue weighted by Crippen LogP contribution is 2.28. The fourth-order valence-electron chi connectivity index (χ4n) is 1.51. The average Bonchev–Trinajstić information content (AvgIpc) is 2.39. The number of aromatic hydroxyl groups is 1. The second-order valence-electron chi connectivity index (χ2n) is 3.71. The monoisotopic (exact) mass is 262 g/mol. The zero-order chi connectivity index (χ0) is 13.8. The lowest BCUT2D eigenvalue weighted by Gasteiger charge is -2.08. The van der Waals surface area contributed by atoms with Crippen LogP contribution in [0.2, 0.25) is 0 Å². The van der Waals surface area contributed by atoms with E-state index in [1.54, 1.807) is 6.07 Å². The van der Waals surface area contributed by atoms with Crippen LogP contribution in [0.4, 0.5) is 10.1 Å². The number of ether oxygens (including phenoxy) is 1. The first-order chi connectivity index (χ1) is 9.10. The predicted octanol–water partition coefficient (Wildman–Crippen LogP) is 2.19. The molecule has 0 unspecified atom stereocenters. The Kier molecular flexibility index (Phi) is 3.61. The topological polar surface area (TPSA) is 71.5 Å². The van der Waals surface area contributed by atoms with Gasteiger partial charge in [0.2, 0.25) is 5.95 Å². The van der Waals surface area contributed by atoms with E-state index in [0.717, 1.165) is 6.07 Å². The maximum atomic E-state index is 12.9. The standard InChI is InChI=1S/C13H11FN2O3/c1-19-11-3-2-9(7-10(11)17)16-13(18)8-4-5-15-12(14)6-8/h2-7,17H,1H3,(H,16,18). The second-order valence-corrected chi connectivity index (χ2v) is 3.71. The van der Waals surface area contributed by atoms with E-state index in [1.807, 2.05) is 0 Å². The number of carbonyl (C=O) groups excluding carboxylic acids is 1. The largest absolute Gasteiger partial charge is 0.504 e. The van der Waals surface area contributed by atoms with Crippen LogP contribution in [-0.4, -0.2) is 23.1 Å². The third kappa shape index (κ3) is 2.98. The van der Waals surface area contributed by atoms with E-state index in [1.165, 1.54) is 31.5 Å². The minimum atomic E-state index is -0.731. The minimum Gasteiger partial charge on any atom is -0.504 e. The van der Waals surface area contributed by atoms with Crippen molar-refractivity contribution in [1.29, 1.82) is 0 Å². The molecule has 0 aliphatic carbocycles. The van der Waals surface area contributed by atoms with Crippen LogP contribution >= 0.6 is 0 Å². The molecule has 0 bridgehead atoms. The molecule has 19 heavy (non-hydrogen) atoms. The number of halogens is 1. The van der Waals surface area contributed by atoms with Crippen molar-refractivity contribution < 1.29 is 19.0 Å². The van der Waals surface area contributed by atoms with Crippen molar-refractivity contribution in [2.75, 3.05) is 12.4 Å². The van der Waals surface area contributed by atoms with Gasteiger partial charge in [-0.15, -0.1) is 0 Å². The van der Waals surface area contributed by atoms with Crippen LogP contribution in [0.3, 0.4) is 0 Å². The predicted molar refractivity (Wildman–Crippen MR) is 66.8 cm³/mol. The number of phenolic OH excluding ortho intramolecular Hbond substituents is 1. The van der Waals surface area contributed by atoms with Gasteiger partial charge < -0.3 is 15.2 Å². The molecule has 1 amide bonds. The van der Waals surface area contributed by atoms with Crippen LogP contribution in [0.25, 0.3) is 0 Å². The lowest BCUT2D eigenvalue weighted by atomic mass is 10.2. The maximum absolute atomic E-state index is 12.9. The number of aromatic nitrogens is 1. The van der Waals surface area contributed by atoms with Gasteiger partial charge in [0.1, 0.15) is 0 Å². The normalized spacial score (nSPS) is 10.0. The van der Waals surface area contributed by atoms with Gasteiger partial charge in [0.25, 0.3) is 5.91 Å². The summed E-state index contributed by atoms with van der Waals surface area (Å²) in [6.45, 7) is 0. The number of phenols is 1. The lowest BCUT2D eigenvalue weighted by molar-refractivity contribution is 0.102. The van der Waals surface area contributed by atoms with Gasteiger partial charge in [-0.25, -0.2) is 4.98 Å². The van der Waals surface area contributed by atoms with Gasteiger partial charge in [-0.3, -0.25) is 4.79 Å². The highest BCUT2D eigenvalue weighted by atomic mass is 19.1. The molecule has 6 heteroatoms. The molecule has 2 N–H and O–H groups in total. The van der Waals surface area contributed by atoms with Crippen molar-refractivity contribution in [3.8, 4) is 11.5 Å². The summed E-state index contributed by atoms with van der Waals surface area (Å²) in [5, 5.41) is 12.1. The third-order valence-electron chi connectivity index (χ3n) is 2.43. The Bertz CT molecular complexity index is 617. The molecule has 0 spiro atoms. The molecule has 0 radical (unpaired) electrons. The summed E-state index contributed by atoms with van der Waals surface area (Å²) >= 11 is 0. The third-order valence-corrected chi connectivity index (χ3v) is 2.43. The van der Waals surface area contributed by atoms with Crippen LogP contribution in [0.1, 0.15) is 10.4 Å². The Morgan fingerprint density at radius 3 is 2.79 bits per heavy atom. The van der Waals surface area contributed by atoms with E-state index < -0.39 is 11.9 Å². The molecule has 0 atom stereocenters. The molecule has 98 valence electrons. The number of methoxy groups -OCH3 is 1. The van der Waals surface area contributed by atoms with Gasteiger partial charge >= 0.3 is 0 Å². The van der Waals surface area contributed by atoms with Crippen LogP contribution in [0, 0.1) is 5.95 Å². The van der Waals surface area contributed by atoms with Crippen LogP contribution < -0.4 is 10.1 Å². The molecule has 2 aromatic rings. The van der Waals surface area contributed by atoms with Crippen LogP contribution in [-0.2, 0) is 0 Å². The highest BCUT2D eigenvalue weighted by molar-refractivity contribution is 6.04. The molecule has 0 saturated heterocycles. The molecular formula is C13H11FN2O3. The molecule has 0 aliphatic heterocycles. The van der Waals surface area contributed by atoms with Crippen LogP contribution in [0.5, 0.6) is 11.5 Å². The molecule has 1 aromatic heterocycles. The Labute approximate surface area is 108 Å². The molecule has 0 aliphatic rings. The summed E-state index contributed by atoms with van der Waals surface area (Å²) in [4.78, 5) is 15.2. The fraction of sp³-hybridized carbons (Fsp3) is 0.0769. The summed E-state index contributed by atoms with van der Waals surface area (Å²) in [5.41, 5.74) is 0.517. The Morgan fingerprint density at radius 2 is 2.16 bits per heavy atom. The molecule has 1 heterocycles. The lowest BCUT2D eigenvalue weighted by Crippen LogP contribution is -2.12. The summed E-state index contributed by atoms with van der Waals surface area (Å²) in [6, 6.07) is 6.83. The zero-order valence-corrected chi connectivity index (χ0v) is 10.1. The number of carbonyl (C=O) groups is 1. The number of pyridine rings is 1. The zero-order valence-electron chi connectivity index (χ0n) is 10.1. The molecule has 0 saturated carbocycles. The molecule has 0 fully saturated rings. The Balaban J connectivity index is 2.17. The van der Waals surface area contributed by atoms with Crippen molar-refractivity contribution in [1.82, 2.24) is 4.98 Å². The van der Waals surface area contributed by atoms with Gasteiger partial charge in [-0.1, -0.05) is 0 Å². The van der Waals surface area contributed by atoms with Gasteiger partial charge in [0.15, 0.2) is 11.5 Å². The van der Waals surface area contributed by atoms with Crippen molar-refractivity contribution in [2.24, 2.45) is 0 Å². The fourth-order valence-corrected chi connectivity index (χ4v) is 1.51. The first-order valence-corrected chi connectivity index (χ1v) is 5.40. The van der Waals surface area contributed by atoms with Crippen molar-refractivity contribution in [3.63, 3.8) is 0 Å². The van der Waals surface area contributed by atoms with E-state index in [4.69, 9.17) is 4.74 Å². The van der Waals surface area contributed by atoms with Gasteiger partial charge in [-0.2, -0.15) is 4.39 Å². The Hall–Kier alpha value is -2.63. The minimum absolute atomic E-state index is 0.0961. The van der Waals surface area contributed by atoms with Crippen molar-refractivity contribution >= 4 is 11.6 Å². The molecular weight excluding hydrogens is 251 g/mol. The van der Waals surface area contributed by atoms with Gasteiger partial charge in [0.05, 0.1) is 7.11 Å². The van der Waals surface area contributed by atoms with Crippen molar-refractivity contribution in [3.05, 3.63) is 48.0 Å². The highest BCUT2D eigenvalue weighted by Gasteiger charge is 2.09. The number of anilines is 1. The van der Waals surface area contributed by atoms with Gasteiger partial charge in [0, 0.05) is 29.6 Å². The van der Waals surface area contributed by atoms with E-state index >= 15 is 0 Å². The number of hydrogen-bond acceptors (Lipinski definition) is 4. The number of nitrogens with one attached hydrogen (secondary N) is 1. The summed E-state index contributed by atoms with van der Waals surface area (Å²) in [7, 11) is 1.42. The van der Waals surface area contributed by atoms with Crippen molar-refractivity contribution in [2.45, 2.75) is 0 Å². The second kappa shape index (κ2) is 5.34. The maximum Gasteiger partial charge on any atom is 0.255 e. The summed E-state index contributed by atoms with van der Waals surface area (Å²) in [5.74, 6) is -1.02. The number of benzene rings is 1. The number of amides is 1. The summed E-state index contributed by atoms with van der Waals surface area (Å²) < 4.78 is 17.8. The van der Waals surface area contributed by atoms with Crippen LogP contribution in [0.15, 0.2) is 36.5 Å². The molecule has 5 nitrogen and oxygen atoms in total. The number of hydrogen-bond donors (Lipinski definition) is 2. The van der Waals surface area contributed by atoms with Gasteiger partial charge in [-0.05, 0) is 18.2 Å². The number of rotatable bonds is 3. The quantitative estimate of drug-likeness (QED) is 0.832. The van der Waals surface area contributed by atoms with E-state index in [0.29, 0.717) is 11.4 Å². The molecule has 1 aromatic carbocycles. The van der Waals surface area contributed by atoms with E-state index in [-0.39, 0.29) is 11.3 Å². The first kappa shape index (κ1) is 12.8.